The molecule has 0 spiro atoms. The van der Waals surface area contributed by atoms with Crippen molar-refractivity contribution >= 4 is 17.3 Å². The number of halogens is 1. The van der Waals surface area contributed by atoms with Gasteiger partial charge in [0.2, 0.25) is 0 Å². The summed E-state index contributed by atoms with van der Waals surface area (Å²) < 4.78 is 0. The predicted molar refractivity (Wildman–Crippen MR) is 92.4 cm³/mol. The number of rotatable bonds is 5. The van der Waals surface area contributed by atoms with E-state index in [9.17, 15) is 0 Å². The van der Waals surface area contributed by atoms with E-state index in [0.29, 0.717) is 18.0 Å². The summed E-state index contributed by atoms with van der Waals surface area (Å²) in [5.74, 6) is 0.663. The van der Waals surface area contributed by atoms with Crippen molar-refractivity contribution < 1.29 is 0 Å². The smallest absolute Gasteiger partial charge is 0.0642 e. The molecule has 0 radical (unpaired) electrons. The first-order valence-electron chi connectivity index (χ1n) is 7.88. The molecule has 1 N–H and O–H groups in total. The molecular formula is C17H28ClN3. The van der Waals surface area contributed by atoms with Crippen LogP contribution in [-0.2, 0) is 0 Å². The van der Waals surface area contributed by atoms with Crippen molar-refractivity contribution in [3.8, 4) is 0 Å². The third-order valence-corrected chi connectivity index (χ3v) is 4.86. The lowest BCUT2D eigenvalue weighted by Gasteiger charge is -2.24. The van der Waals surface area contributed by atoms with Crippen LogP contribution in [-0.4, -0.2) is 44.7 Å². The van der Waals surface area contributed by atoms with Gasteiger partial charge in [-0.1, -0.05) is 31.5 Å². The number of likely N-dealkylation sites (N-methyl/N-ethyl adjacent to an activating group) is 1. The second-order valence-electron chi connectivity index (χ2n) is 6.40. The van der Waals surface area contributed by atoms with E-state index in [1.54, 1.807) is 0 Å². The maximum atomic E-state index is 6.55. The minimum absolute atomic E-state index is 0.341. The Morgan fingerprint density at radius 2 is 2.10 bits per heavy atom. The predicted octanol–water partition coefficient (Wildman–Crippen LogP) is 3.40. The lowest BCUT2D eigenvalue weighted by molar-refractivity contribution is 0.266. The van der Waals surface area contributed by atoms with E-state index in [1.807, 2.05) is 0 Å². The third kappa shape index (κ3) is 3.71. The average Bonchev–Trinajstić information content (AvgIpc) is 2.81. The van der Waals surface area contributed by atoms with Crippen LogP contribution in [0.5, 0.6) is 0 Å². The van der Waals surface area contributed by atoms with Crippen molar-refractivity contribution in [2.24, 2.45) is 5.92 Å². The van der Waals surface area contributed by atoms with Gasteiger partial charge in [0.05, 0.1) is 10.7 Å². The topological polar surface area (TPSA) is 18.5 Å². The molecule has 0 aromatic heterocycles. The monoisotopic (exact) mass is 309 g/mol. The van der Waals surface area contributed by atoms with E-state index in [2.05, 4.69) is 68.2 Å². The Morgan fingerprint density at radius 3 is 2.62 bits per heavy atom. The molecule has 118 valence electrons. The molecule has 0 saturated carbocycles. The number of anilines is 1. The van der Waals surface area contributed by atoms with Gasteiger partial charge in [-0.2, -0.15) is 0 Å². The number of benzene rings is 1. The molecule has 3 atom stereocenters. The van der Waals surface area contributed by atoms with Crippen LogP contribution in [0.1, 0.15) is 32.4 Å². The average molecular weight is 310 g/mol. The lowest BCUT2D eigenvalue weighted by atomic mass is 10.1. The quantitative estimate of drug-likeness (QED) is 0.899. The van der Waals surface area contributed by atoms with Crippen LogP contribution in [0, 0.1) is 5.92 Å². The molecule has 1 aliphatic rings. The van der Waals surface area contributed by atoms with E-state index < -0.39 is 0 Å². The Kier molecular flexibility index (Phi) is 5.53. The highest BCUT2D eigenvalue weighted by atomic mass is 35.5. The van der Waals surface area contributed by atoms with Crippen molar-refractivity contribution in [3.05, 3.63) is 28.8 Å². The molecule has 0 bridgehead atoms. The summed E-state index contributed by atoms with van der Waals surface area (Å²) in [7, 11) is 4.32. The van der Waals surface area contributed by atoms with Gasteiger partial charge in [0.25, 0.3) is 0 Å². The maximum absolute atomic E-state index is 6.55. The van der Waals surface area contributed by atoms with Crippen LogP contribution in [0.25, 0.3) is 0 Å². The molecule has 21 heavy (non-hydrogen) atoms. The molecule has 1 aromatic carbocycles. The molecule has 1 fully saturated rings. The zero-order valence-electron chi connectivity index (χ0n) is 13.9. The van der Waals surface area contributed by atoms with E-state index in [4.69, 9.17) is 11.6 Å². The summed E-state index contributed by atoms with van der Waals surface area (Å²) >= 11 is 6.55. The van der Waals surface area contributed by atoms with Gasteiger partial charge < -0.3 is 15.1 Å². The Labute approximate surface area is 134 Å². The van der Waals surface area contributed by atoms with Crippen molar-refractivity contribution in [1.29, 1.82) is 0 Å². The molecule has 1 aromatic rings. The van der Waals surface area contributed by atoms with Gasteiger partial charge in [0, 0.05) is 25.2 Å². The molecule has 2 rings (SSSR count). The fourth-order valence-corrected chi connectivity index (χ4v) is 3.60. The Morgan fingerprint density at radius 1 is 1.38 bits per heavy atom. The van der Waals surface area contributed by atoms with Gasteiger partial charge >= 0.3 is 0 Å². The van der Waals surface area contributed by atoms with Gasteiger partial charge in [-0.25, -0.2) is 0 Å². The van der Waals surface area contributed by atoms with Gasteiger partial charge in [-0.05, 0) is 51.2 Å². The summed E-state index contributed by atoms with van der Waals surface area (Å²) in [6.07, 6.45) is 0. The number of nitrogens with zero attached hydrogens (tertiary/aromatic N) is 2. The second-order valence-corrected chi connectivity index (χ2v) is 6.81. The maximum Gasteiger partial charge on any atom is 0.0642 e. The molecule has 0 aliphatic carbocycles. The largest absolute Gasteiger partial charge is 0.368 e. The highest BCUT2D eigenvalue weighted by Crippen LogP contribution is 2.33. The Hall–Kier alpha value is -0.770. The fourth-order valence-electron chi connectivity index (χ4n) is 3.29. The van der Waals surface area contributed by atoms with Crippen LogP contribution in [0.4, 0.5) is 5.69 Å². The third-order valence-electron chi connectivity index (χ3n) is 4.56. The minimum Gasteiger partial charge on any atom is -0.368 e. The van der Waals surface area contributed by atoms with Crippen LogP contribution in [0.3, 0.4) is 0 Å². The van der Waals surface area contributed by atoms with Crippen molar-refractivity contribution in [2.45, 2.75) is 32.9 Å². The summed E-state index contributed by atoms with van der Waals surface area (Å²) in [5.41, 5.74) is 2.42. The van der Waals surface area contributed by atoms with Gasteiger partial charge in [0.1, 0.15) is 0 Å². The number of nitrogens with one attached hydrogen (secondary N) is 1. The number of hydrogen-bond donors (Lipinski definition) is 1. The first kappa shape index (κ1) is 16.6. The van der Waals surface area contributed by atoms with E-state index >= 15 is 0 Å². The first-order chi connectivity index (χ1) is 9.93. The SMILES string of the molecule is CCNC(C)c1ccc(N2CC(C)C(N(C)C)C2)c(Cl)c1. The molecule has 4 heteroatoms. The molecule has 1 heterocycles. The van der Waals surface area contributed by atoms with Gasteiger partial charge in [-0.15, -0.1) is 0 Å². The molecule has 3 unspecified atom stereocenters. The molecule has 1 saturated heterocycles. The van der Waals surface area contributed by atoms with E-state index in [-0.39, 0.29) is 0 Å². The summed E-state index contributed by atoms with van der Waals surface area (Å²) in [6.45, 7) is 9.71. The lowest BCUT2D eigenvalue weighted by Crippen LogP contribution is -2.34. The van der Waals surface area contributed by atoms with E-state index in [0.717, 1.165) is 24.7 Å². The molecule has 1 aliphatic heterocycles. The number of hydrogen-bond acceptors (Lipinski definition) is 3. The van der Waals surface area contributed by atoms with Gasteiger partial charge in [-0.3, -0.25) is 0 Å². The molecule has 0 amide bonds. The standard InChI is InChI=1S/C17H28ClN3/c1-6-19-13(3)14-7-8-16(15(18)9-14)21-10-12(2)17(11-21)20(4)5/h7-9,12-13,17,19H,6,10-11H2,1-5H3. The van der Waals surface area contributed by atoms with Gasteiger partial charge in [0.15, 0.2) is 0 Å². The summed E-state index contributed by atoms with van der Waals surface area (Å²) in [6, 6.07) is 7.42. The zero-order valence-corrected chi connectivity index (χ0v) is 14.6. The van der Waals surface area contributed by atoms with Crippen molar-refractivity contribution in [3.63, 3.8) is 0 Å². The molecule has 3 nitrogen and oxygen atoms in total. The highest BCUT2D eigenvalue weighted by molar-refractivity contribution is 6.33. The van der Waals surface area contributed by atoms with Crippen LogP contribution < -0.4 is 10.2 Å². The fraction of sp³-hybridized carbons (Fsp3) is 0.647. The van der Waals surface area contributed by atoms with Crippen LogP contribution in [0.15, 0.2) is 18.2 Å². The Balaban J connectivity index is 2.15. The zero-order chi connectivity index (χ0) is 15.6. The molecular weight excluding hydrogens is 282 g/mol. The normalized spacial score (nSPS) is 23.9. The van der Waals surface area contributed by atoms with E-state index in [1.165, 1.54) is 11.3 Å². The van der Waals surface area contributed by atoms with Crippen LogP contribution in [0.2, 0.25) is 5.02 Å². The van der Waals surface area contributed by atoms with Crippen molar-refractivity contribution in [1.82, 2.24) is 10.2 Å². The Bertz CT molecular complexity index is 475. The summed E-state index contributed by atoms with van der Waals surface area (Å²) in [5, 5.41) is 4.29. The van der Waals surface area contributed by atoms with Crippen LogP contribution >= 0.6 is 11.6 Å². The van der Waals surface area contributed by atoms with Crippen molar-refractivity contribution in [2.75, 3.05) is 38.6 Å². The minimum atomic E-state index is 0.341. The second kappa shape index (κ2) is 6.99. The summed E-state index contributed by atoms with van der Waals surface area (Å²) in [4.78, 5) is 4.74. The first-order valence-corrected chi connectivity index (χ1v) is 8.26. The highest BCUT2D eigenvalue weighted by Gasteiger charge is 2.31.